The van der Waals surface area contributed by atoms with Crippen molar-refractivity contribution in [3.8, 4) is 5.75 Å². The lowest BCUT2D eigenvalue weighted by atomic mass is 10.1. The van der Waals surface area contributed by atoms with Crippen LogP contribution in [0, 0.1) is 17.6 Å². The second-order valence-electron chi connectivity index (χ2n) is 7.57. The Balaban J connectivity index is 1.40. The lowest BCUT2D eigenvalue weighted by Gasteiger charge is -2.12. The second kappa shape index (κ2) is 8.69. The van der Waals surface area contributed by atoms with E-state index in [-0.39, 0.29) is 24.4 Å². The Morgan fingerprint density at radius 2 is 1.93 bits per heavy atom. The Morgan fingerprint density at radius 3 is 2.62 bits per heavy atom. The first-order chi connectivity index (χ1) is 14.0. The van der Waals surface area contributed by atoms with Gasteiger partial charge in [-0.05, 0) is 55.0 Å². The zero-order chi connectivity index (χ0) is 20.4. The quantitative estimate of drug-likeness (QED) is 0.574. The molecule has 4 nitrogen and oxygen atoms in total. The third-order valence-electron chi connectivity index (χ3n) is 5.48. The van der Waals surface area contributed by atoms with Crippen molar-refractivity contribution < 1.29 is 23.0 Å². The number of rotatable bonds is 7. The number of thioether (sulfide) groups is 1. The number of ether oxygens (including phenoxy) is 2. The Bertz CT molecular complexity index is 878. The van der Waals surface area contributed by atoms with Crippen molar-refractivity contribution >= 4 is 17.7 Å². The van der Waals surface area contributed by atoms with Gasteiger partial charge in [0.15, 0.2) is 17.4 Å². The number of carbonyl (C=O) groups is 1. The Kier molecular flexibility index (Phi) is 6.04. The highest BCUT2D eigenvalue weighted by Crippen LogP contribution is 2.49. The van der Waals surface area contributed by atoms with E-state index < -0.39 is 17.4 Å². The minimum atomic E-state index is -0.771. The monoisotopic (exact) mass is 419 g/mol. The van der Waals surface area contributed by atoms with Gasteiger partial charge < -0.3 is 9.47 Å². The van der Waals surface area contributed by atoms with Crippen molar-refractivity contribution in [1.82, 2.24) is 4.98 Å². The molecular formula is C22H23F2NO3S. The van der Waals surface area contributed by atoms with E-state index in [2.05, 4.69) is 9.72 Å². The van der Waals surface area contributed by atoms with Crippen LogP contribution >= 0.6 is 11.8 Å². The average Bonchev–Trinajstić information content (AvgIpc) is 3.36. The number of aromatic nitrogens is 1. The maximum atomic E-state index is 14.5. The predicted octanol–water partition coefficient (Wildman–Crippen LogP) is 5.25. The number of benzene rings is 1. The summed E-state index contributed by atoms with van der Waals surface area (Å²) in [6.07, 6.45) is 5.47. The Hall–Kier alpha value is -2.15. The van der Waals surface area contributed by atoms with Gasteiger partial charge in [0.05, 0.1) is 23.7 Å². The van der Waals surface area contributed by atoms with E-state index in [0.29, 0.717) is 22.9 Å². The van der Waals surface area contributed by atoms with E-state index in [1.54, 1.807) is 17.8 Å². The molecule has 2 saturated carbocycles. The first-order valence-electron chi connectivity index (χ1n) is 9.87. The van der Waals surface area contributed by atoms with Gasteiger partial charge in [-0.25, -0.2) is 13.8 Å². The summed E-state index contributed by atoms with van der Waals surface area (Å²) in [5.41, 5.74) is 1.08. The van der Waals surface area contributed by atoms with Crippen LogP contribution in [-0.2, 0) is 16.1 Å². The standard InChI is InChI=1S/C22H23F2NO3S/c1-27-22(26)17-11-16(17)13-9-18(23)21(19(24)10-13)28-12-14-5-4-8-20(25-14)29-15-6-2-3-7-15/h4-5,8-10,15-17H,2-3,6-7,11-12H2,1H3. The van der Waals surface area contributed by atoms with Gasteiger partial charge in [0.1, 0.15) is 6.61 Å². The van der Waals surface area contributed by atoms with Crippen molar-refractivity contribution in [1.29, 1.82) is 0 Å². The van der Waals surface area contributed by atoms with Crippen LogP contribution in [0.1, 0.15) is 49.3 Å². The van der Waals surface area contributed by atoms with Gasteiger partial charge in [-0.15, -0.1) is 11.8 Å². The van der Waals surface area contributed by atoms with Crippen LogP contribution in [0.15, 0.2) is 35.4 Å². The zero-order valence-electron chi connectivity index (χ0n) is 16.2. The fourth-order valence-corrected chi connectivity index (χ4v) is 5.07. The SMILES string of the molecule is COC(=O)C1CC1c1cc(F)c(OCc2cccc(SC3CCCC3)n2)c(F)c1. The molecule has 2 unspecified atom stereocenters. The molecule has 7 heteroatoms. The van der Waals surface area contributed by atoms with Gasteiger partial charge >= 0.3 is 5.97 Å². The molecule has 0 radical (unpaired) electrons. The molecule has 0 bridgehead atoms. The van der Waals surface area contributed by atoms with Crippen LogP contribution in [0.25, 0.3) is 0 Å². The van der Waals surface area contributed by atoms with Gasteiger partial charge in [0.2, 0.25) is 0 Å². The highest BCUT2D eigenvalue weighted by molar-refractivity contribution is 7.99. The van der Waals surface area contributed by atoms with Gasteiger partial charge in [-0.3, -0.25) is 4.79 Å². The van der Waals surface area contributed by atoms with E-state index in [1.165, 1.54) is 44.9 Å². The summed E-state index contributed by atoms with van der Waals surface area (Å²) < 4.78 is 39.0. The lowest BCUT2D eigenvalue weighted by molar-refractivity contribution is -0.142. The maximum absolute atomic E-state index is 14.5. The summed E-state index contributed by atoms with van der Waals surface area (Å²) in [7, 11) is 1.31. The number of pyridine rings is 1. The molecule has 0 saturated heterocycles. The van der Waals surface area contributed by atoms with Crippen LogP contribution in [0.4, 0.5) is 8.78 Å². The molecule has 0 aliphatic heterocycles. The number of hydrogen-bond acceptors (Lipinski definition) is 5. The number of nitrogens with zero attached hydrogens (tertiary/aromatic N) is 1. The molecule has 0 N–H and O–H groups in total. The topological polar surface area (TPSA) is 48.4 Å². The number of halogens is 2. The van der Waals surface area contributed by atoms with Crippen LogP contribution < -0.4 is 4.74 Å². The normalized spacial score (nSPS) is 21.2. The van der Waals surface area contributed by atoms with Crippen LogP contribution in [0.3, 0.4) is 0 Å². The summed E-state index contributed by atoms with van der Waals surface area (Å²) in [5.74, 6) is -2.84. The molecular weight excluding hydrogens is 396 g/mol. The minimum Gasteiger partial charge on any atom is -0.481 e. The molecule has 1 aromatic carbocycles. The molecule has 2 aromatic rings. The smallest absolute Gasteiger partial charge is 0.309 e. The lowest BCUT2D eigenvalue weighted by Crippen LogP contribution is -2.05. The van der Waals surface area contributed by atoms with Crippen molar-refractivity contribution in [3.63, 3.8) is 0 Å². The Morgan fingerprint density at radius 1 is 1.21 bits per heavy atom. The van der Waals surface area contributed by atoms with Gasteiger partial charge in [-0.2, -0.15) is 0 Å². The summed E-state index contributed by atoms with van der Waals surface area (Å²) in [6, 6.07) is 8.11. The molecule has 2 aliphatic carbocycles. The van der Waals surface area contributed by atoms with Crippen LogP contribution in [0.5, 0.6) is 5.75 Å². The first kappa shape index (κ1) is 20.1. The summed E-state index contributed by atoms with van der Waals surface area (Å²) in [4.78, 5) is 16.1. The molecule has 1 heterocycles. The average molecular weight is 419 g/mol. The van der Waals surface area contributed by atoms with Crippen molar-refractivity contribution in [2.45, 2.75) is 54.9 Å². The molecule has 0 spiro atoms. The van der Waals surface area contributed by atoms with E-state index in [0.717, 1.165) is 5.03 Å². The molecule has 2 atom stereocenters. The third kappa shape index (κ3) is 4.71. The zero-order valence-corrected chi connectivity index (χ0v) is 17.0. The Labute approximate surface area is 173 Å². The summed E-state index contributed by atoms with van der Waals surface area (Å²) in [6.45, 7) is -0.0134. The van der Waals surface area contributed by atoms with E-state index in [4.69, 9.17) is 4.74 Å². The predicted molar refractivity (Wildman–Crippen MR) is 106 cm³/mol. The van der Waals surface area contributed by atoms with E-state index in [1.807, 2.05) is 12.1 Å². The molecule has 154 valence electrons. The van der Waals surface area contributed by atoms with Crippen LogP contribution in [-0.4, -0.2) is 23.3 Å². The molecule has 1 aromatic heterocycles. The molecule has 0 amide bonds. The minimum absolute atomic E-state index is 0.0134. The molecule has 4 rings (SSSR count). The van der Waals surface area contributed by atoms with Crippen LogP contribution in [0.2, 0.25) is 0 Å². The van der Waals surface area contributed by atoms with Crippen molar-refractivity contribution in [2.24, 2.45) is 5.92 Å². The number of hydrogen-bond donors (Lipinski definition) is 0. The molecule has 2 aliphatic rings. The van der Waals surface area contributed by atoms with Gasteiger partial charge in [0.25, 0.3) is 0 Å². The third-order valence-corrected chi connectivity index (χ3v) is 6.75. The van der Waals surface area contributed by atoms with Crippen molar-refractivity contribution in [3.05, 3.63) is 53.2 Å². The number of methoxy groups -OCH3 is 1. The highest BCUT2D eigenvalue weighted by atomic mass is 32.2. The number of carbonyl (C=O) groups excluding carboxylic acids is 1. The summed E-state index contributed by atoms with van der Waals surface area (Å²) in [5, 5.41) is 1.51. The first-order valence-corrected chi connectivity index (χ1v) is 10.7. The van der Waals surface area contributed by atoms with Crippen molar-refractivity contribution in [2.75, 3.05) is 7.11 Å². The maximum Gasteiger partial charge on any atom is 0.309 e. The fraction of sp³-hybridized carbons (Fsp3) is 0.455. The van der Waals surface area contributed by atoms with Gasteiger partial charge in [-0.1, -0.05) is 18.9 Å². The molecule has 2 fully saturated rings. The van der Waals surface area contributed by atoms with E-state index >= 15 is 0 Å². The molecule has 29 heavy (non-hydrogen) atoms. The number of esters is 1. The summed E-state index contributed by atoms with van der Waals surface area (Å²) >= 11 is 1.76. The van der Waals surface area contributed by atoms with Gasteiger partial charge in [0, 0.05) is 5.25 Å². The highest BCUT2D eigenvalue weighted by Gasteiger charge is 2.45. The second-order valence-corrected chi connectivity index (χ2v) is 8.89. The fourth-order valence-electron chi connectivity index (χ4n) is 3.83. The van der Waals surface area contributed by atoms with E-state index in [9.17, 15) is 13.6 Å². The largest absolute Gasteiger partial charge is 0.481 e.